The van der Waals surface area contributed by atoms with E-state index < -0.39 is 21.3 Å². The lowest BCUT2D eigenvalue weighted by atomic mass is 9.83. The van der Waals surface area contributed by atoms with E-state index >= 15 is 0 Å². The van der Waals surface area contributed by atoms with Crippen LogP contribution in [-0.4, -0.2) is 21.4 Å². The molecule has 6 heteroatoms. The van der Waals surface area contributed by atoms with Gasteiger partial charge in [0.25, 0.3) is 10.0 Å². The fraction of sp³-hybridized carbons (Fsp3) is 0.316. The summed E-state index contributed by atoms with van der Waals surface area (Å²) < 4.78 is 32.8. The number of nitrogens with one attached hydrogen (secondary N) is 1. The SMILES string of the molecule is COc1ccc2c(c1)[C@@](C)(C(=O)NS(=O)(=O)c1ccccc1C)CC2. The van der Waals surface area contributed by atoms with Crippen molar-refractivity contribution >= 4 is 15.9 Å². The van der Waals surface area contributed by atoms with E-state index in [1.54, 1.807) is 39.2 Å². The van der Waals surface area contributed by atoms with Crippen molar-refractivity contribution in [3.05, 3.63) is 59.2 Å². The maximum atomic E-state index is 12.9. The Morgan fingerprint density at radius 3 is 2.60 bits per heavy atom. The Labute approximate surface area is 148 Å². The highest BCUT2D eigenvalue weighted by Gasteiger charge is 2.43. The third kappa shape index (κ3) is 3.02. The van der Waals surface area contributed by atoms with Crippen LogP contribution in [0.1, 0.15) is 30.0 Å². The molecule has 0 saturated heterocycles. The number of hydrogen-bond acceptors (Lipinski definition) is 4. The van der Waals surface area contributed by atoms with E-state index in [0.717, 1.165) is 17.5 Å². The molecule has 1 amide bonds. The summed E-state index contributed by atoms with van der Waals surface area (Å²) in [7, 11) is -2.35. The molecule has 1 atom stereocenters. The molecule has 1 N–H and O–H groups in total. The number of sulfonamides is 1. The lowest BCUT2D eigenvalue weighted by Gasteiger charge is -2.24. The van der Waals surface area contributed by atoms with Crippen molar-refractivity contribution in [3.8, 4) is 5.75 Å². The number of methoxy groups -OCH3 is 1. The smallest absolute Gasteiger partial charge is 0.264 e. The zero-order valence-corrected chi connectivity index (χ0v) is 15.3. The van der Waals surface area contributed by atoms with Crippen molar-refractivity contribution in [2.24, 2.45) is 0 Å². The molecule has 3 rings (SSSR count). The fourth-order valence-corrected chi connectivity index (χ4v) is 4.65. The summed E-state index contributed by atoms with van der Waals surface area (Å²) in [5.41, 5.74) is 1.57. The van der Waals surface area contributed by atoms with E-state index in [2.05, 4.69) is 4.72 Å². The van der Waals surface area contributed by atoms with Crippen LogP contribution in [0.15, 0.2) is 47.4 Å². The maximum absolute atomic E-state index is 12.9. The van der Waals surface area contributed by atoms with Crippen LogP contribution in [0, 0.1) is 6.92 Å². The Kier molecular flexibility index (Phi) is 4.33. The molecule has 0 radical (unpaired) electrons. The molecule has 132 valence electrons. The van der Waals surface area contributed by atoms with Gasteiger partial charge in [-0.25, -0.2) is 13.1 Å². The maximum Gasteiger partial charge on any atom is 0.264 e. The molecular weight excluding hydrogens is 338 g/mol. The largest absolute Gasteiger partial charge is 0.497 e. The minimum Gasteiger partial charge on any atom is -0.497 e. The van der Waals surface area contributed by atoms with Crippen LogP contribution < -0.4 is 9.46 Å². The van der Waals surface area contributed by atoms with Gasteiger partial charge in [-0.2, -0.15) is 0 Å². The number of carbonyl (C=O) groups is 1. The van der Waals surface area contributed by atoms with Crippen molar-refractivity contribution < 1.29 is 17.9 Å². The number of carbonyl (C=O) groups excluding carboxylic acids is 1. The molecule has 0 bridgehead atoms. The summed E-state index contributed by atoms with van der Waals surface area (Å²) in [5.74, 6) is 0.143. The minimum atomic E-state index is -3.91. The van der Waals surface area contributed by atoms with Gasteiger partial charge in [-0.3, -0.25) is 4.79 Å². The summed E-state index contributed by atoms with van der Waals surface area (Å²) in [4.78, 5) is 13.0. The molecule has 1 aliphatic carbocycles. The van der Waals surface area contributed by atoms with Crippen molar-refractivity contribution in [2.45, 2.75) is 37.0 Å². The van der Waals surface area contributed by atoms with E-state index in [4.69, 9.17) is 4.74 Å². The van der Waals surface area contributed by atoms with Crippen molar-refractivity contribution in [2.75, 3.05) is 7.11 Å². The molecule has 0 saturated carbocycles. The standard InChI is InChI=1S/C19H21NO4S/c1-13-6-4-5-7-17(13)25(22,23)20-18(21)19(2)11-10-14-8-9-15(24-3)12-16(14)19/h4-9,12H,10-11H2,1-3H3,(H,20,21)/t19-/m0/s1. The number of fused-ring (bicyclic) bond motifs is 1. The first-order valence-electron chi connectivity index (χ1n) is 8.08. The predicted octanol–water partition coefficient (Wildman–Crippen LogP) is 2.71. The summed E-state index contributed by atoms with van der Waals surface area (Å²) in [6.07, 6.45) is 1.29. The molecule has 0 unspecified atom stereocenters. The molecule has 25 heavy (non-hydrogen) atoms. The fourth-order valence-electron chi connectivity index (χ4n) is 3.32. The Bertz CT molecular complexity index is 936. The Morgan fingerprint density at radius 2 is 1.92 bits per heavy atom. The average Bonchev–Trinajstić information content (AvgIpc) is 2.92. The summed E-state index contributed by atoms with van der Waals surface area (Å²) in [6.45, 7) is 3.48. The zero-order valence-electron chi connectivity index (χ0n) is 14.5. The van der Waals surface area contributed by atoms with Crippen LogP contribution in [-0.2, 0) is 26.7 Å². The summed E-state index contributed by atoms with van der Waals surface area (Å²) in [6, 6.07) is 12.2. The molecular formula is C19H21NO4S. The summed E-state index contributed by atoms with van der Waals surface area (Å²) >= 11 is 0. The van der Waals surface area contributed by atoms with Gasteiger partial charge in [0.15, 0.2) is 0 Å². The van der Waals surface area contributed by atoms with Gasteiger partial charge in [0, 0.05) is 0 Å². The van der Waals surface area contributed by atoms with Gasteiger partial charge in [0.1, 0.15) is 5.75 Å². The van der Waals surface area contributed by atoms with E-state index in [0.29, 0.717) is 17.7 Å². The van der Waals surface area contributed by atoms with Gasteiger partial charge in [-0.15, -0.1) is 0 Å². The van der Waals surface area contributed by atoms with Crippen molar-refractivity contribution in [1.82, 2.24) is 4.72 Å². The van der Waals surface area contributed by atoms with Crippen molar-refractivity contribution in [3.63, 3.8) is 0 Å². The molecule has 1 aliphatic rings. The molecule has 0 heterocycles. The molecule has 0 spiro atoms. The molecule has 0 aromatic heterocycles. The number of ether oxygens (including phenoxy) is 1. The van der Waals surface area contributed by atoms with E-state index in [1.807, 2.05) is 18.2 Å². The van der Waals surface area contributed by atoms with E-state index in [9.17, 15) is 13.2 Å². The van der Waals surface area contributed by atoms with Crippen LogP contribution in [0.2, 0.25) is 0 Å². The monoisotopic (exact) mass is 359 g/mol. The third-order valence-electron chi connectivity index (χ3n) is 4.92. The van der Waals surface area contributed by atoms with Gasteiger partial charge >= 0.3 is 0 Å². The van der Waals surface area contributed by atoms with Crippen LogP contribution in [0.5, 0.6) is 5.75 Å². The number of aryl methyl sites for hydroxylation is 2. The Morgan fingerprint density at radius 1 is 1.20 bits per heavy atom. The van der Waals surface area contributed by atoms with E-state index in [1.165, 1.54) is 6.07 Å². The van der Waals surface area contributed by atoms with Gasteiger partial charge in [-0.1, -0.05) is 24.3 Å². The van der Waals surface area contributed by atoms with Crippen LogP contribution in [0.3, 0.4) is 0 Å². The van der Waals surface area contributed by atoms with Gasteiger partial charge in [-0.05, 0) is 61.6 Å². The Hall–Kier alpha value is -2.34. The lowest BCUT2D eigenvalue weighted by Crippen LogP contribution is -2.43. The second kappa shape index (κ2) is 6.19. The highest BCUT2D eigenvalue weighted by molar-refractivity contribution is 7.90. The van der Waals surface area contributed by atoms with E-state index in [-0.39, 0.29) is 4.90 Å². The molecule has 0 aliphatic heterocycles. The quantitative estimate of drug-likeness (QED) is 0.911. The highest BCUT2D eigenvalue weighted by Crippen LogP contribution is 2.41. The Balaban J connectivity index is 1.94. The zero-order chi connectivity index (χ0) is 18.2. The highest BCUT2D eigenvalue weighted by atomic mass is 32.2. The third-order valence-corrected chi connectivity index (χ3v) is 6.41. The summed E-state index contributed by atoms with van der Waals surface area (Å²) in [5, 5.41) is 0. The first-order chi connectivity index (χ1) is 11.8. The molecule has 5 nitrogen and oxygen atoms in total. The number of rotatable bonds is 4. The molecule has 2 aromatic carbocycles. The number of benzene rings is 2. The van der Waals surface area contributed by atoms with Gasteiger partial charge in [0.05, 0.1) is 17.4 Å². The molecule has 2 aromatic rings. The van der Waals surface area contributed by atoms with Gasteiger partial charge < -0.3 is 4.74 Å². The first-order valence-corrected chi connectivity index (χ1v) is 9.56. The van der Waals surface area contributed by atoms with Crippen molar-refractivity contribution in [1.29, 1.82) is 0 Å². The second-order valence-corrected chi connectivity index (χ2v) is 8.21. The predicted molar refractivity (Wildman–Crippen MR) is 95.2 cm³/mol. The second-order valence-electron chi connectivity index (χ2n) is 6.56. The van der Waals surface area contributed by atoms with Gasteiger partial charge in [0.2, 0.25) is 5.91 Å². The lowest BCUT2D eigenvalue weighted by molar-refractivity contribution is -0.124. The van der Waals surface area contributed by atoms with Crippen LogP contribution in [0.25, 0.3) is 0 Å². The topological polar surface area (TPSA) is 72.5 Å². The molecule has 0 fully saturated rings. The number of hydrogen-bond donors (Lipinski definition) is 1. The number of amides is 1. The average molecular weight is 359 g/mol. The normalized spacial score (nSPS) is 19.3. The van der Waals surface area contributed by atoms with Crippen LogP contribution in [0.4, 0.5) is 0 Å². The van der Waals surface area contributed by atoms with Crippen LogP contribution >= 0.6 is 0 Å². The minimum absolute atomic E-state index is 0.121. The first kappa shape index (κ1) is 17.5.